The lowest BCUT2D eigenvalue weighted by atomic mass is 9.84. The molecule has 9 aliphatic rings. The third-order valence-electron chi connectivity index (χ3n) is 24.9. The molecule has 7 aliphatic heterocycles. The topological polar surface area (TPSA) is 322 Å². The Morgan fingerprint density at radius 1 is 0.439 bits per heavy atom. The van der Waals surface area contributed by atoms with Gasteiger partial charge >= 0.3 is 24.0 Å². The molecule has 0 amide bonds. The van der Waals surface area contributed by atoms with Crippen LogP contribution in [0.4, 0.5) is 52.2 Å². The van der Waals surface area contributed by atoms with Crippen LogP contribution in [0.1, 0.15) is 216 Å². The minimum Gasteiger partial charge on any atom is -0.463 e. The van der Waals surface area contributed by atoms with Crippen LogP contribution in [0.25, 0.3) is 4.85 Å². The van der Waals surface area contributed by atoms with Gasteiger partial charge in [0, 0.05) is 133 Å². The highest BCUT2D eigenvalue weighted by Gasteiger charge is 2.35. The van der Waals surface area contributed by atoms with E-state index in [9.17, 15) is 14.4 Å². The monoisotopic (exact) mass is 1670 g/mol. The highest BCUT2D eigenvalue weighted by Crippen LogP contribution is 2.41. The van der Waals surface area contributed by atoms with Gasteiger partial charge in [-0.15, -0.1) is 0 Å². The first-order valence-electron chi connectivity index (χ1n) is 45.0. The zero-order valence-corrected chi connectivity index (χ0v) is 73.4. The predicted octanol–water partition coefficient (Wildman–Crippen LogP) is 14.3. The number of anilines is 8. The van der Waals surface area contributed by atoms with E-state index < -0.39 is 0 Å². The second kappa shape index (κ2) is 41.4. The molecule has 123 heavy (non-hydrogen) atoms. The zero-order valence-electron chi connectivity index (χ0n) is 73.4. The third kappa shape index (κ3) is 22.9. The second-order valence-electron chi connectivity index (χ2n) is 35.1. The van der Waals surface area contributed by atoms with Gasteiger partial charge in [-0.2, -0.15) is 39.9 Å². The maximum atomic E-state index is 12.5. The Balaban J connectivity index is 0.000000134. The number of aromatic nitrogens is 8. The molecule has 8 N–H and O–H groups in total. The molecule has 652 valence electrons. The van der Waals surface area contributed by atoms with E-state index in [1.165, 1.54) is 95.3 Å². The number of ketones is 3. The summed E-state index contributed by atoms with van der Waals surface area (Å²) in [5.74, 6) is 6.70. The first-order chi connectivity index (χ1) is 59.6. The number of benzene rings is 4. The molecule has 4 aromatic carbocycles. The number of nitrogens with zero attached hydrogens (tertiary/aromatic N) is 16. The number of carbonyl (C=O) groups excluding carboxylic acids is 3. The van der Waals surface area contributed by atoms with Gasteiger partial charge in [-0.3, -0.25) is 29.1 Å². The summed E-state index contributed by atoms with van der Waals surface area (Å²) in [5, 5.41) is 0. The molecule has 27 nitrogen and oxygen atoms in total. The van der Waals surface area contributed by atoms with Gasteiger partial charge in [0.25, 0.3) is 0 Å². The Morgan fingerprint density at radius 3 is 1.16 bits per heavy atom. The lowest BCUT2D eigenvalue weighted by Crippen LogP contribution is -2.37. The van der Waals surface area contributed by atoms with E-state index >= 15 is 0 Å². The average molecular weight is 1670 g/mol. The lowest BCUT2D eigenvalue weighted by molar-refractivity contribution is -0.118. The number of rotatable bonds is 29. The fourth-order valence-electron chi connectivity index (χ4n) is 17.4. The van der Waals surface area contributed by atoms with Gasteiger partial charge in [0.05, 0.1) is 58.7 Å². The number of unbranched alkanes of at least 4 members (excludes halogenated alkanes) is 4. The molecular weight excluding hydrogens is 1550 g/mol. The quantitative estimate of drug-likeness (QED) is 0.0192. The zero-order chi connectivity index (χ0) is 86.2. The molecule has 2 saturated carbocycles. The summed E-state index contributed by atoms with van der Waals surface area (Å²) in [5.41, 5.74) is 42.8. The van der Waals surface area contributed by atoms with Gasteiger partial charge in [0.15, 0.2) is 23.0 Å². The minimum absolute atomic E-state index is 0.0541. The van der Waals surface area contributed by atoms with Crippen LogP contribution >= 0.6 is 0 Å². The van der Waals surface area contributed by atoms with Crippen LogP contribution in [0, 0.1) is 18.4 Å². The van der Waals surface area contributed by atoms with E-state index in [1.807, 2.05) is 39.0 Å². The summed E-state index contributed by atoms with van der Waals surface area (Å²) in [4.78, 5) is 92.6. The minimum atomic E-state index is 0.0541. The van der Waals surface area contributed by atoms with Crippen molar-refractivity contribution in [1.82, 2.24) is 54.6 Å². The fraction of sp³-hybridized carbons (Fsp3) is 0.521. The summed E-state index contributed by atoms with van der Waals surface area (Å²) in [6.07, 6.45) is 19.7. The van der Waals surface area contributed by atoms with Crippen LogP contribution in [-0.4, -0.2) is 163 Å². The van der Waals surface area contributed by atoms with E-state index in [-0.39, 0.29) is 42.7 Å². The third-order valence-corrected chi connectivity index (χ3v) is 24.9. The van der Waals surface area contributed by atoms with Crippen molar-refractivity contribution in [2.45, 2.75) is 228 Å². The molecule has 2 aliphatic carbocycles. The van der Waals surface area contributed by atoms with E-state index in [0.29, 0.717) is 143 Å². The fourth-order valence-corrected chi connectivity index (χ4v) is 17.4. The first-order valence-corrected chi connectivity index (χ1v) is 45.0. The number of fused-ring (bicyclic) bond motifs is 7. The van der Waals surface area contributed by atoms with Crippen molar-refractivity contribution >= 4 is 69.6 Å². The number of nitrogens with two attached hydrogens (primary N) is 4. The molecule has 27 heteroatoms. The highest BCUT2D eigenvalue weighted by molar-refractivity contribution is 5.93. The van der Waals surface area contributed by atoms with E-state index in [1.54, 1.807) is 0 Å². The summed E-state index contributed by atoms with van der Waals surface area (Å²) >= 11 is 0. The van der Waals surface area contributed by atoms with Crippen LogP contribution in [0.15, 0.2) is 91.0 Å². The SMILES string of the molecule is CCCCOc1nc(N)c2c(n1)N(Cc1ccc3c(c1)CN(C(C)C)CC3)CC(=O)C2.CCCCOc1nc(N)c2c(n1)N(Cc1ccc3c(c1)CN(CC1CC1)CC3)CC(=O)C2.CCCCOc1nc(N)c2c(n1)N(Cc1ccc3c(c1)CN(CC1CCC1)CC3)CC(=O)C2.[C-]#[N+]c1ccc(C(C)N2CC(=C)Cc3c(N)nc(OCCCC)nc32)cc1. The summed E-state index contributed by atoms with van der Waals surface area (Å²) in [6.45, 7) is 41.1. The lowest BCUT2D eigenvalue weighted by Gasteiger charge is -2.36. The van der Waals surface area contributed by atoms with Crippen LogP contribution < -0.4 is 61.5 Å². The summed E-state index contributed by atoms with van der Waals surface area (Å²) in [6, 6.07) is 29.7. The van der Waals surface area contributed by atoms with E-state index in [0.717, 1.165) is 173 Å². The van der Waals surface area contributed by atoms with Crippen LogP contribution in [-0.2, 0) is 98.6 Å². The predicted molar refractivity (Wildman–Crippen MR) is 485 cm³/mol. The molecule has 0 bridgehead atoms. The smallest absolute Gasteiger partial charge is 0.320 e. The molecular formula is C96H126N20O7. The van der Waals surface area contributed by atoms with Crippen LogP contribution in [0.5, 0.6) is 24.0 Å². The van der Waals surface area contributed by atoms with Crippen LogP contribution in [0.2, 0.25) is 0 Å². The molecule has 11 heterocycles. The molecule has 4 aromatic heterocycles. The molecule has 0 radical (unpaired) electrons. The summed E-state index contributed by atoms with van der Waals surface area (Å²) in [7, 11) is 0. The van der Waals surface area contributed by atoms with Gasteiger partial charge in [-0.25, -0.2) is 4.85 Å². The van der Waals surface area contributed by atoms with Gasteiger partial charge < -0.3 is 61.5 Å². The maximum absolute atomic E-state index is 12.5. The normalized spacial score (nSPS) is 17.1. The number of Topliss-reactive ketones (excluding diaryl/α,β-unsaturated/α-hetero) is 3. The Morgan fingerprint density at radius 2 is 0.805 bits per heavy atom. The van der Waals surface area contributed by atoms with Crippen molar-refractivity contribution in [3.8, 4) is 24.0 Å². The largest absolute Gasteiger partial charge is 0.463 e. The Kier molecular flexibility index (Phi) is 29.7. The first kappa shape index (κ1) is 88.2. The number of hydrogen-bond donors (Lipinski definition) is 4. The van der Waals surface area contributed by atoms with Gasteiger partial charge in [0.2, 0.25) is 0 Å². The number of nitrogen functional groups attached to an aromatic ring is 4. The second-order valence-corrected chi connectivity index (χ2v) is 35.1. The Bertz CT molecular complexity index is 5100. The molecule has 1 unspecified atom stereocenters. The van der Waals surface area contributed by atoms with Crippen molar-refractivity contribution in [1.29, 1.82) is 0 Å². The van der Waals surface area contributed by atoms with Crippen LogP contribution in [0.3, 0.4) is 0 Å². The molecule has 1 atom stereocenters. The van der Waals surface area contributed by atoms with Crippen molar-refractivity contribution in [2.24, 2.45) is 11.8 Å². The van der Waals surface area contributed by atoms with Gasteiger partial charge in [0.1, 0.15) is 46.5 Å². The molecule has 0 saturated heterocycles. The van der Waals surface area contributed by atoms with E-state index in [4.69, 9.17) is 48.5 Å². The number of ether oxygens (including phenoxy) is 4. The molecule has 2 fully saturated rings. The van der Waals surface area contributed by atoms with Crippen molar-refractivity contribution in [2.75, 3.05) is 128 Å². The van der Waals surface area contributed by atoms with Crippen molar-refractivity contribution in [3.05, 3.63) is 180 Å². The van der Waals surface area contributed by atoms with E-state index in [2.05, 4.69) is 174 Å². The summed E-state index contributed by atoms with van der Waals surface area (Å²) < 4.78 is 22.9. The number of carbonyl (C=O) groups is 3. The van der Waals surface area contributed by atoms with Gasteiger partial charge in [-0.1, -0.05) is 151 Å². The molecule has 17 rings (SSSR count). The highest BCUT2D eigenvalue weighted by atomic mass is 16.5. The Hall–Kier alpha value is -11.1. The van der Waals surface area contributed by atoms with Crippen molar-refractivity contribution < 1.29 is 33.3 Å². The maximum Gasteiger partial charge on any atom is 0.320 e. The Labute approximate surface area is 726 Å². The molecule has 0 spiro atoms. The number of hydrogen-bond acceptors (Lipinski definition) is 26. The standard InChI is InChI=1S/C26H35N5O2.C25H33N5O2.C24H33N5O2.C21H25N5O/c1-2-3-11-33-26-28-24(27)23-13-22(32)17-31(25(23)29-26)15-19-7-8-20-9-10-30(16-21(20)12-19)14-18-5-4-6-18;1-2-3-10-32-25-27-23(26)22-12-21(31)16-30(24(22)28-25)14-18-6-7-19-8-9-29(13-17-4-5-17)15-20(19)11-18;1-4-5-10-31-24-26-22(25)21-12-20(30)15-29(23(21)27-24)13-17-6-7-18-8-9-28(16(2)3)14-19(18)11-17;1-5-6-11-27-21-24-19(22)18-12-14(2)13-26(20(18)25-21)15(3)16-7-9-17(23-4)10-8-16/h7-8,12,18H,2-6,9-11,13-17H2,1H3,(H2,27,28,29);6-7,11,17H,2-5,8-10,12-16H2,1H3,(H2,26,27,28);6-7,11,16H,4-5,8-10,12-15H2,1-3H3,(H2,25,26,27);7-10,15H,2,5-6,11-13H2,1,3H3,(H2,22,24,25). The van der Waals surface area contributed by atoms with Crippen molar-refractivity contribution in [3.63, 3.8) is 0 Å². The van der Waals surface area contributed by atoms with Gasteiger partial charge in [-0.05, 0) is 159 Å². The average Bonchev–Trinajstić information content (AvgIpc) is 1.51. The molecule has 8 aromatic rings.